The number of benzene rings is 1. The van der Waals surface area contributed by atoms with E-state index in [9.17, 15) is 0 Å². The van der Waals surface area contributed by atoms with Gasteiger partial charge in [-0.2, -0.15) is 0 Å². The molecule has 3 rings (SSSR count). The van der Waals surface area contributed by atoms with E-state index in [1.165, 1.54) is 0 Å². The second kappa shape index (κ2) is 6.31. The lowest BCUT2D eigenvalue weighted by Crippen LogP contribution is -2.32. The van der Waals surface area contributed by atoms with Crippen LogP contribution in [-0.2, 0) is 11.2 Å². The molecule has 108 valence electrons. The van der Waals surface area contributed by atoms with Crippen LogP contribution in [0.3, 0.4) is 0 Å². The molecule has 1 aliphatic rings. The molecule has 1 aromatic carbocycles. The predicted octanol–water partition coefficient (Wildman–Crippen LogP) is 3.45. The van der Waals surface area contributed by atoms with E-state index in [1.54, 1.807) is 12.1 Å². The van der Waals surface area contributed by atoms with Crippen molar-refractivity contribution in [1.82, 2.24) is 10.3 Å². The molecule has 0 radical (unpaired) electrons. The number of nitrogens with one attached hydrogen (secondary N) is 1. The number of aromatic nitrogens is 1. The van der Waals surface area contributed by atoms with Crippen LogP contribution in [0.1, 0.15) is 18.7 Å². The lowest BCUT2D eigenvalue weighted by Gasteiger charge is -2.22. The SMILES string of the molecule is Clc1cc(Cl)c2oc(CCOC3CCNCC3)nc2c1. The monoisotopic (exact) mass is 314 g/mol. The highest BCUT2D eigenvalue weighted by atomic mass is 35.5. The molecule has 0 aliphatic carbocycles. The Balaban J connectivity index is 1.61. The van der Waals surface area contributed by atoms with Crippen LogP contribution in [-0.4, -0.2) is 30.8 Å². The fourth-order valence-corrected chi connectivity index (χ4v) is 2.91. The third-order valence-corrected chi connectivity index (χ3v) is 3.91. The first-order chi connectivity index (χ1) is 9.72. The Labute approximate surface area is 127 Å². The molecule has 20 heavy (non-hydrogen) atoms. The van der Waals surface area contributed by atoms with Gasteiger partial charge < -0.3 is 14.5 Å². The van der Waals surface area contributed by atoms with Gasteiger partial charge in [-0.1, -0.05) is 23.2 Å². The van der Waals surface area contributed by atoms with Gasteiger partial charge in [0.2, 0.25) is 0 Å². The summed E-state index contributed by atoms with van der Waals surface area (Å²) in [4.78, 5) is 4.39. The Kier molecular flexibility index (Phi) is 4.46. The van der Waals surface area contributed by atoms with E-state index in [0.717, 1.165) is 25.9 Å². The van der Waals surface area contributed by atoms with Crippen molar-refractivity contribution in [3.8, 4) is 0 Å². The van der Waals surface area contributed by atoms with Crippen molar-refractivity contribution >= 4 is 34.3 Å². The maximum absolute atomic E-state index is 6.08. The van der Waals surface area contributed by atoms with Crippen molar-refractivity contribution in [3.63, 3.8) is 0 Å². The van der Waals surface area contributed by atoms with Gasteiger partial charge >= 0.3 is 0 Å². The van der Waals surface area contributed by atoms with Crippen molar-refractivity contribution in [3.05, 3.63) is 28.1 Å². The van der Waals surface area contributed by atoms with Gasteiger partial charge in [-0.25, -0.2) is 4.98 Å². The van der Waals surface area contributed by atoms with Gasteiger partial charge in [-0.3, -0.25) is 0 Å². The maximum Gasteiger partial charge on any atom is 0.197 e. The van der Waals surface area contributed by atoms with Crippen LogP contribution in [0.5, 0.6) is 0 Å². The number of rotatable bonds is 4. The number of oxazole rings is 1. The fraction of sp³-hybridized carbons (Fsp3) is 0.500. The second-order valence-electron chi connectivity index (χ2n) is 4.91. The summed E-state index contributed by atoms with van der Waals surface area (Å²) < 4.78 is 11.5. The molecule has 0 unspecified atom stereocenters. The van der Waals surface area contributed by atoms with Gasteiger partial charge in [-0.05, 0) is 38.1 Å². The molecule has 0 saturated carbocycles. The summed E-state index contributed by atoms with van der Waals surface area (Å²) >= 11 is 12.0. The number of hydrogen-bond donors (Lipinski definition) is 1. The molecular formula is C14H16Cl2N2O2. The lowest BCUT2D eigenvalue weighted by molar-refractivity contribution is 0.0328. The third-order valence-electron chi connectivity index (χ3n) is 3.41. The zero-order chi connectivity index (χ0) is 13.9. The molecule has 2 aromatic rings. The number of fused-ring (bicyclic) bond motifs is 1. The van der Waals surface area contributed by atoms with Gasteiger partial charge in [0.05, 0.1) is 17.7 Å². The van der Waals surface area contributed by atoms with E-state index in [0.29, 0.717) is 46.2 Å². The normalized spacial score (nSPS) is 16.9. The van der Waals surface area contributed by atoms with Crippen molar-refractivity contribution < 1.29 is 9.15 Å². The molecule has 1 saturated heterocycles. The molecule has 0 bridgehead atoms. The quantitative estimate of drug-likeness (QED) is 0.939. The zero-order valence-corrected chi connectivity index (χ0v) is 12.5. The summed E-state index contributed by atoms with van der Waals surface area (Å²) in [7, 11) is 0. The fourth-order valence-electron chi connectivity index (χ4n) is 2.39. The molecule has 0 spiro atoms. The van der Waals surface area contributed by atoms with E-state index >= 15 is 0 Å². The van der Waals surface area contributed by atoms with Crippen molar-refractivity contribution in [2.75, 3.05) is 19.7 Å². The molecule has 4 nitrogen and oxygen atoms in total. The smallest absolute Gasteiger partial charge is 0.197 e. The molecule has 2 heterocycles. The van der Waals surface area contributed by atoms with Crippen molar-refractivity contribution in [1.29, 1.82) is 0 Å². The number of piperidine rings is 1. The Morgan fingerprint density at radius 3 is 2.90 bits per heavy atom. The minimum Gasteiger partial charge on any atom is -0.439 e. The van der Waals surface area contributed by atoms with Gasteiger partial charge in [0.25, 0.3) is 0 Å². The minimum absolute atomic E-state index is 0.346. The van der Waals surface area contributed by atoms with Crippen LogP contribution in [0.15, 0.2) is 16.5 Å². The number of ether oxygens (including phenoxy) is 1. The Morgan fingerprint density at radius 1 is 1.30 bits per heavy atom. The number of hydrogen-bond acceptors (Lipinski definition) is 4. The second-order valence-corrected chi connectivity index (χ2v) is 5.76. The van der Waals surface area contributed by atoms with Crippen LogP contribution in [0.4, 0.5) is 0 Å². The van der Waals surface area contributed by atoms with Crippen molar-refractivity contribution in [2.45, 2.75) is 25.4 Å². The molecule has 1 N–H and O–H groups in total. The van der Waals surface area contributed by atoms with Crippen LogP contribution in [0.2, 0.25) is 10.0 Å². The first-order valence-electron chi connectivity index (χ1n) is 6.79. The molecular weight excluding hydrogens is 299 g/mol. The highest BCUT2D eigenvalue weighted by molar-refractivity contribution is 6.37. The van der Waals surface area contributed by atoms with E-state index < -0.39 is 0 Å². The minimum atomic E-state index is 0.346. The summed E-state index contributed by atoms with van der Waals surface area (Å²) in [6.45, 7) is 2.67. The summed E-state index contributed by atoms with van der Waals surface area (Å²) in [6, 6.07) is 3.41. The molecule has 0 amide bonds. The molecule has 6 heteroatoms. The summed E-state index contributed by atoms with van der Waals surface area (Å²) in [5, 5.41) is 4.37. The van der Waals surface area contributed by atoms with E-state index in [1.807, 2.05) is 0 Å². The predicted molar refractivity (Wildman–Crippen MR) is 79.6 cm³/mol. The van der Waals surface area contributed by atoms with Gasteiger partial charge in [0.1, 0.15) is 5.52 Å². The standard InChI is InChI=1S/C14H16Cl2N2O2/c15-9-7-11(16)14-12(8-9)18-13(20-14)3-6-19-10-1-4-17-5-2-10/h7-8,10,17H,1-6H2. The van der Waals surface area contributed by atoms with E-state index in [-0.39, 0.29) is 0 Å². The Bertz CT molecular complexity index is 594. The van der Waals surface area contributed by atoms with Crippen LogP contribution >= 0.6 is 23.2 Å². The summed E-state index contributed by atoms with van der Waals surface area (Å²) in [5.74, 6) is 0.637. The van der Waals surface area contributed by atoms with Crippen LogP contribution < -0.4 is 5.32 Å². The maximum atomic E-state index is 6.08. The average Bonchev–Trinajstić information content (AvgIpc) is 2.83. The molecule has 1 aromatic heterocycles. The topological polar surface area (TPSA) is 47.3 Å². The van der Waals surface area contributed by atoms with Crippen LogP contribution in [0, 0.1) is 0 Å². The van der Waals surface area contributed by atoms with E-state index in [2.05, 4.69) is 10.3 Å². The van der Waals surface area contributed by atoms with Gasteiger partial charge in [0, 0.05) is 11.4 Å². The largest absolute Gasteiger partial charge is 0.439 e. The van der Waals surface area contributed by atoms with Gasteiger partial charge in [-0.15, -0.1) is 0 Å². The highest BCUT2D eigenvalue weighted by Gasteiger charge is 2.14. The third kappa shape index (κ3) is 3.26. The first-order valence-corrected chi connectivity index (χ1v) is 7.55. The first kappa shape index (κ1) is 14.1. The average molecular weight is 315 g/mol. The summed E-state index contributed by atoms with van der Waals surface area (Å²) in [6.07, 6.45) is 3.12. The lowest BCUT2D eigenvalue weighted by atomic mass is 10.1. The Hall–Kier alpha value is -0.810. The zero-order valence-electron chi connectivity index (χ0n) is 11.0. The molecule has 1 aliphatic heterocycles. The molecule has 0 atom stereocenters. The van der Waals surface area contributed by atoms with Crippen molar-refractivity contribution in [2.24, 2.45) is 0 Å². The van der Waals surface area contributed by atoms with E-state index in [4.69, 9.17) is 32.4 Å². The van der Waals surface area contributed by atoms with Gasteiger partial charge in [0.15, 0.2) is 11.5 Å². The van der Waals surface area contributed by atoms with Crippen LogP contribution in [0.25, 0.3) is 11.1 Å². The highest BCUT2D eigenvalue weighted by Crippen LogP contribution is 2.28. The number of nitrogens with zero attached hydrogens (tertiary/aromatic N) is 1. The summed E-state index contributed by atoms with van der Waals surface area (Å²) in [5.41, 5.74) is 1.28. The molecule has 1 fully saturated rings. The Morgan fingerprint density at radius 2 is 2.10 bits per heavy atom. The number of halogens is 2.